The van der Waals surface area contributed by atoms with E-state index >= 15 is 0 Å². The number of pyridine rings is 2. The van der Waals surface area contributed by atoms with Crippen LogP contribution < -0.4 is 0 Å². The maximum absolute atomic E-state index is 9.84. The smallest absolute Gasteiger partial charge is 0.140 e. The third-order valence-corrected chi connectivity index (χ3v) is 9.23. The Morgan fingerprint density at radius 3 is 1.52 bits per heavy atom. The summed E-state index contributed by atoms with van der Waals surface area (Å²) in [4.78, 5) is 10.5. The molecule has 0 fully saturated rings. The van der Waals surface area contributed by atoms with Crippen LogP contribution in [0.3, 0.4) is 0 Å². The Balaban J connectivity index is 1.38. The van der Waals surface area contributed by atoms with Gasteiger partial charge in [0.05, 0.1) is 68.4 Å². The van der Waals surface area contributed by atoms with Crippen LogP contribution in [0.4, 0.5) is 0 Å². The number of hydrogen-bond donors (Lipinski definition) is 0. The standard InChI is InChI=1S/C43H23N7/c44-24-27-16-18-40-34(20-27)35-21-28(25-45)17-19-41(35)50(40)43-23-30(36-12-7-13-37(47-36)31-9-2-1-8-29(31)26-46)22-42(48-43)49-38-14-5-3-10-32(38)33-11-4-6-15-39(33)49/h1-23H. The van der Waals surface area contributed by atoms with Crippen molar-refractivity contribution in [2.75, 3.05) is 0 Å². The van der Waals surface area contributed by atoms with Gasteiger partial charge < -0.3 is 0 Å². The number of benzene rings is 5. The predicted octanol–water partition coefficient (Wildman–Crippen LogP) is 9.62. The van der Waals surface area contributed by atoms with Gasteiger partial charge in [-0.05, 0) is 78.9 Å². The van der Waals surface area contributed by atoms with Crippen molar-refractivity contribution >= 4 is 43.6 Å². The van der Waals surface area contributed by atoms with Crippen molar-refractivity contribution in [2.45, 2.75) is 0 Å². The fourth-order valence-corrected chi connectivity index (χ4v) is 7.01. The second kappa shape index (κ2) is 11.3. The first-order valence-corrected chi connectivity index (χ1v) is 16.0. The van der Waals surface area contributed by atoms with E-state index in [0.29, 0.717) is 34.0 Å². The summed E-state index contributed by atoms with van der Waals surface area (Å²) in [6, 6.07) is 52.1. The molecule has 4 heterocycles. The number of fused-ring (bicyclic) bond motifs is 6. The quantitative estimate of drug-likeness (QED) is 0.191. The number of aromatic nitrogens is 4. The molecule has 0 aliphatic rings. The molecule has 5 aromatic carbocycles. The topological polar surface area (TPSA) is 107 Å². The van der Waals surface area contributed by atoms with E-state index in [-0.39, 0.29) is 0 Å². The Bertz CT molecular complexity index is 2850. The molecule has 50 heavy (non-hydrogen) atoms. The van der Waals surface area contributed by atoms with E-state index in [0.717, 1.165) is 60.4 Å². The number of nitrogens with zero attached hydrogens (tertiary/aromatic N) is 7. The van der Waals surface area contributed by atoms with Gasteiger partial charge in [-0.25, -0.2) is 9.97 Å². The molecule has 230 valence electrons. The van der Waals surface area contributed by atoms with E-state index in [9.17, 15) is 15.8 Å². The van der Waals surface area contributed by atoms with Gasteiger partial charge in [0, 0.05) is 32.7 Å². The maximum atomic E-state index is 9.84. The molecule has 0 aliphatic heterocycles. The minimum absolute atomic E-state index is 0.533. The molecular weight excluding hydrogens is 615 g/mol. The van der Waals surface area contributed by atoms with Crippen molar-refractivity contribution < 1.29 is 0 Å². The molecule has 0 saturated carbocycles. The minimum Gasteiger partial charge on any atom is -0.294 e. The van der Waals surface area contributed by atoms with Gasteiger partial charge in [-0.2, -0.15) is 15.8 Å². The molecule has 0 N–H and O–H groups in total. The molecule has 0 atom stereocenters. The van der Waals surface area contributed by atoms with Gasteiger partial charge in [-0.1, -0.05) is 60.7 Å². The van der Waals surface area contributed by atoms with E-state index in [4.69, 9.17) is 9.97 Å². The average Bonchev–Trinajstić information content (AvgIpc) is 3.70. The summed E-state index contributed by atoms with van der Waals surface area (Å²) in [5.41, 5.74) is 8.39. The monoisotopic (exact) mass is 637 g/mol. The summed E-state index contributed by atoms with van der Waals surface area (Å²) in [6.07, 6.45) is 0. The SMILES string of the molecule is N#Cc1ccc2c(c1)c1cc(C#N)ccc1n2-c1cc(-c2cccc(-c3ccccc3C#N)n2)cc(-n2c3ccccc3c3ccccc32)n1. The second-order valence-electron chi connectivity index (χ2n) is 12.0. The molecule has 0 saturated heterocycles. The molecule has 9 aromatic rings. The highest BCUT2D eigenvalue weighted by Gasteiger charge is 2.20. The van der Waals surface area contributed by atoms with E-state index in [1.165, 1.54) is 0 Å². The molecule has 9 rings (SSSR count). The number of para-hydroxylation sites is 2. The molecular formula is C43H23N7. The molecule has 7 nitrogen and oxygen atoms in total. The summed E-state index contributed by atoms with van der Waals surface area (Å²) in [5, 5.41) is 33.3. The summed E-state index contributed by atoms with van der Waals surface area (Å²) in [6.45, 7) is 0. The normalized spacial score (nSPS) is 11.1. The highest BCUT2D eigenvalue weighted by molar-refractivity contribution is 6.11. The lowest BCUT2D eigenvalue weighted by Gasteiger charge is -2.15. The van der Waals surface area contributed by atoms with Crippen molar-refractivity contribution in [1.82, 2.24) is 19.1 Å². The molecule has 4 aromatic heterocycles. The third-order valence-electron chi connectivity index (χ3n) is 9.23. The second-order valence-corrected chi connectivity index (χ2v) is 12.0. The first kappa shape index (κ1) is 28.7. The lowest BCUT2D eigenvalue weighted by atomic mass is 10.0. The third kappa shape index (κ3) is 4.42. The van der Waals surface area contributed by atoms with Crippen molar-refractivity contribution in [2.24, 2.45) is 0 Å². The molecule has 0 radical (unpaired) electrons. The van der Waals surface area contributed by atoms with Gasteiger partial charge in [-0.3, -0.25) is 9.13 Å². The van der Waals surface area contributed by atoms with Crippen LogP contribution in [-0.4, -0.2) is 19.1 Å². The summed E-state index contributed by atoms with van der Waals surface area (Å²) in [7, 11) is 0. The molecule has 0 bridgehead atoms. The minimum atomic E-state index is 0.533. The van der Waals surface area contributed by atoms with E-state index in [1.807, 2.05) is 91.0 Å². The van der Waals surface area contributed by atoms with Gasteiger partial charge in [0.1, 0.15) is 11.6 Å². The van der Waals surface area contributed by atoms with Crippen molar-refractivity contribution in [3.8, 4) is 52.4 Å². The fraction of sp³-hybridized carbons (Fsp3) is 0. The molecule has 7 heteroatoms. The first-order chi connectivity index (χ1) is 24.6. The Kier molecular flexibility index (Phi) is 6.49. The van der Waals surface area contributed by atoms with Crippen LogP contribution in [0.5, 0.6) is 0 Å². The average molecular weight is 638 g/mol. The van der Waals surface area contributed by atoms with E-state index in [2.05, 4.69) is 57.7 Å². The highest BCUT2D eigenvalue weighted by atomic mass is 15.1. The lowest BCUT2D eigenvalue weighted by molar-refractivity contribution is 1.01. The Hall–Kier alpha value is -7.53. The summed E-state index contributed by atoms with van der Waals surface area (Å²) < 4.78 is 4.27. The zero-order chi connectivity index (χ0) is 33.8. The predicted molar refractivity (Wildman–Crippen MR) is 196 cm³/mol. The van der Waals surface area contributed by atoms with Gasteiger partial charge in [-0.15, -0.1) is 0 Å². The number of rotatable bonds is 4. The van der Waals surface area contributed by atoms with Crippen molar-refractivity contribution in [3.63, 3.8) is 0 Å². The van der Waals surface area contributed by atoms with Crippen molar-refractivity contribution in [3.05, 3.63) is 156 Å². The fourth-order valence-electron chi connectivity index (χ4n) is 7.01. The first-order valence-electron chi connectivity index (χ1n) is 16.0. The summed E-state index contributed by atoms with van der Waals surface area (Å²) >= 11 is 0. The lowest BCUT2D eigenvalue weighted by Crippen LogP contribution is -2.05. The van der Waals surface area contributed by atoms with Crippen molar-refractivity contribution in [1.29, 1.82) is 15.8 Å². The number of nitriles is 3. The van der Waals surface area contributed by atoms with Crippen LogP contribution in [0, 0.1) is 34.0 Å². The molecule has 0 spiro atoms. The van der Waals surface area contributed by atoms with Crippen LogP contribution in [0.2, 0.25) is 0 Å². The van der Waals surface area contributed by atoms with Crippen LogP contribution in [-0.2, 0) is 0 Å². The Morgan fingerprint density at radius 1 is 0.420 bits per heavy atom. The highest BCUT2D eigenvalue weighted by Crippen LogP contribution is 2.37. The van der Waals surface area contributed by atoms with Gasteiger partial charge in [0.2, 0.25) is 0 Å². The Labute approximate surface area is 286 Å². The maximum Gasteiger partial charge on any atom is 0.140 e. The Morgan fingerprint density at radius 2 is 0.940 bits per heavy atom. The zero-order valence-corrected chi connectivity index (χ0v) is 26.4. The zero-order valence-electron chi connectivity index (χ0n) is 26.4. The van der Waals surface area contributed by atoms with E-state index < -0.39 is 0 Å². The molecule has 0 unspecified atom stereocenters. The van der Waals surface area contributed by atoms with Crippen LogP contribution in [0.25, 0.3) is 77.8 Å². The summed E-state index contributed by atoms with van der Waals surface area (Å²) in [5.74, 6) is 1.36. The van der Waals surface area contributed by atoms with Gasteiger partial charge in [0.15, 0.2) is 0 Å². The van der Waals surface area contributed by atoms with Crippen LogP contribution in [0.15, 0.2) is 140 Å². The molecule has 0 aliphatic carbocycles. The number of hydrogen-bond acceptors (Lipinski definition) is 5. The molecule has 0 amide bonds. The van der Waals surface area contributed by atoms with Gasteiger partial charge in [0.25, 0.3) is 0 Å². The van der Waals surface area contributed by atoms with Gasteiger partial charge >= 0.3 is 0 Å². The van der Waals surface area contributed by atoms with Crippen LogP contribution >= 0.6 is 0 Å². The van der Waals surface area contributed by atoms with Crippen LogP contribution in [0.1, 0.15) is 16.7 Å². The van der Waals surface area contributed by atoms with E-state index in [1.54, 1.807) is 18.2 Å². The largest absolute Gasteiger partial charge is 0.294 e.